The molecule has 3 atom stereocenters. The first-order valence-electron chi connectivity index (χ1n) is 4.78. The quantitative estimate of drug-likeness (QED) is 0.656. The Kier molecular flexibility index (Phi) is 2.79. The van der Waals surface area contributed by atoms with Gasteiger partial charge in [0.2, 0.25) is 0 Å². The highest BCUT2D eigenvalue weighted by Gasteiger charge is 2.48. The summed E-state index contributed by atoms with van der Waals surface area (Å²) in [5.74, 6) is 0.995. The van der Waals surface area contributed by atoms with Crippen LogP contribution in [0.1, 0.15) is 34.1 Å². The van der Waals surface area contributed by atoms with Crippen LogP contribution in [-0.4, -0.2) is 23.4 Å². The first-order valence-corrected chi connectivity index (χ1v) is 4.78. The van der Waals surface area contributed by atoms with Crippen molar-refractivity contribution in [3.05, 3.63) is 0 Å². The van der Waals surface area contributed by atoms with Crippen molar-refractivity contribution in [2.75, 3.05) is 6.61 Å². The summed E-state index contributed by atoms with van der Waals surface area (Å²) in [6.45, 7) is 9.15. The zero-order chi connectivity index (χ0) is 9.35. The lowest BCUT2D eigenvalue weighted by Crippen LogP contribution is -2.33. The molecule has 1 saturated heterocycles. The molecule has 2 nitrogen and oxygen atoms in total. The lowest BCUT2D eigenvalue weighted by atomic mass is 9.87. The van der Waals surface area contributed by atoms with Gasteiger partial charge in [-0.25, -0.2) is 0 Å². The molecule has 1 heterocycles. The van der Waals surface area contributed by atoms with Gasteiger partial charge < -0.3 is 9.84 Å². The fourth-order valence-electron chi connectivity index (χ4n) is 1.76. The molecule has 0 amide bonds. The smallest absolute Gasteiger partial charge is 0.115 e. The minimum Gasteiger partial charge on any atom is -0.390 e. The van der Waals surface area contributed by atoms with E-state index in [9.17, 15) is 5.11 Å². The van der Waals surface area contributed by atoms with Gasteiger partial charge in [0.05, 0.1) is 12.7 Å². The molecule has 0 aromatic carbocycles. The number of epoxide rings is 1. The molecule has 0 unspecified atom stereocenters. The summed E-state index contributed by atoms with van der Waals surface area (Å²) in [6, 6.07) is 0. The number of ether oxygens (including phenoxy) is 1. The number of aliphatic hydroxyl groups is 1. The van der Waals surface area contributed by atoms with Crippen LogP contribution in [0.3, 0.4) is 0 Å². The van der Waals surface area contributed by atoms with Gasteiger partial charge >= 0.3 is 0 Å². The standard InChI is InChI=1S/C10H20O2/c1-7(2)5-8(3)9(11)10(4)6-12-10/h7-9,11H,5-6H2,1-4H3/t8-,9-,10-/m0/s1. The van der Waals surface area contributed by atoms with Gasteiger partial charge in [-0.3, -0.25) is 0 Å². The highest BCUT2D eigenvalue weighted by molar-refractivity contribution is 4.96. The topological polar surface area (TPSA) is 32.8 Å². The lowest BCUT2D eigenvalue weighted by molar-refractivity contribution is 0.0336. The van der Waals surface area contributed by atoms with Gasteiger partial charge in [0, 0.05) is 0 Å². The number of aliphatic hydroxyl groups excluding tert-OH is 1. The highest BCUT2D eigenvalue weighted by atomic mass is 16.6. The fraction of sp³-hybridized carbons (Fsp3) is 1.00. The number of hydrogen-bond acceptors (Lipinski definition) is 2. The van der Waals surface area contributed by atoms with Gasteiger partial charge in [0.25, 0.3) is 0 Å². The SMILES string of the molecule is CC(C)C[C@H](C)[C@H](O)[C@]1(C)CO1. The largest absolute Gasteiger partial charge is 0.390 e. The summed E-state index contributed by atoms with van der Waals surface area (Å²) in [5, 5.41) is 9.84. The van der Waals surface area contributed by atoms with Crippen molar-refractivity contribution in [2.24, 2.45) is 11.8 Å². The molecule has 1 aliphatic heterocycles. The van der Waals surface area contributed by atoms with Crippen LogP contribution >= 0.6 is 0 Å². The molecule has 0 saturated carbocycles. The summed E-state index contributed by atoms with van der Waals surface area (Å²) < 4.78 is 5.21. The molecule has 2 heteroatoms. The zero-order valence-electron chi connectivity index (χ0n) is 8.50. The lowest BCUT2D eigenvalue weighted by Gasteiger charge is -2.23. The maximum atomic E-state index is 9.84. The molecule has 1 rings (SSSR count). The van der Waals surface area contributed by atoms with Gasteiger partial charge in [-0.2, -0.15) is 0 Å². The average Bonchev–Trinajstić information content (AvgIpc) is 2.66. The van der Waals surface area contributed by atoms with Crippen LogP contribution in [0.4, 0.5) is 0 Å². The maximum absolute atomic E-state index is 9.84. The van der Waals surface area contributed by atoms with E-state index in [0.29, 0.717) is 11.8 Å². The third kappa shape index (κ3) is 2.20. The molecule has 12 heavy (non-hydrogen) atoms. The van der Waals surface area contributed by atoms with E-state index in [1.54, 1.807) is 0 Å². The number of rotatable bonds is 4. The first kappa shape index (κ1) is 10.0. The average molecular weight is 172 g/mol. The molecule has 0 radical (unpaired) electrons. The Morgan fingerprint density at radius 2 is 1.92 bits per heavy atom. The summed E-state index contributed by atoms with van der Waals surface area (Å²) in [7, 11) is 0. The van der Waals surface area contributed by atoms with Crippen molar-refractivity contribution in [3.8, 4) is 0 Å². The molecule has 0 spiro atoms. The van der Waals surface area contributed by atoms with Crippen molar-refractivity contribution in [1.82, 2.24) is 0 Å². The summed E-state index contributed by atoms with van der Waals surface area (Å²) >= 11 is 0. The molecular formula is C10H20O2. The maximum Gasteiger partial charge on any atom is 0.115 e. The molecule has 72 valence electrons. The third-order valence-electron chi connectivity index (χ3n) is 2.61. The van der Waals surface area contributed by atoms with Crippen LogP contribution in [0.25, 0.3) is 0 Å². The molecular weight excluding hydrogens is 152 g/mol. The third-order valence-corrected chi connectivity index (χ3v) is 2.61. The Hall–Kier alpha value is -0.0800. The second-order valence-electron chi connectivity index (χ2n) is 4.65. The Labute approximate surface area is 74.9 Å². The summed E-state index contributed by atoms with van der Waals surface area (Å²) in [4.78, 5) is 0. The van der Waals surface area contributed by atoms with E-state index in [1.165, 1.54) is 0 Å². The molecule has 0 aliphatic carbocycles. The molecule has 1 fully saturated rings. The normalized spacial score (nSPS) is 33.5. The molecule has 0 aromatic rings. The van der Waals surface area contributed by atoms with Crippen LogP contribution in [0.5, 0.6) is 0 Å². The minimum atomic E-state index is -0.292. The Morgan fingerprint density at radius 3 is 2.25 bits per heavy atom. The van der Waals surface area contributed by atoms with Gasteiger partial charge in [-0.1, -0.05) is 20.8 Å². The van der Waals surface area contributed by atoms with Gasteiger partial charge in [-0.05, 0) is 25.2 Å². The van der Waals surface area contributed by atoms with Crippen LogP contribution in [-0.2, 0) is 4.74 Å². The van der Waals surface area contributed by atoms with E-state index in [1.807, 2.05) is 6.92 Å². The van der Waals surface area contributed by atoms with E-state index in [2.05, 4.69) is 20.8 Å². The molecule has 0 aromatic heterocycles. The molecule has 1 N–H and O–H groups in total. The predicted molar refractivity (Wildman–Crippen MR) is 49.0 cm³/mol. The Bertz CT molecular complexity index is 150. The number of hydrogen-bond donors (Lipinski definition) is 1. The Balaban J connectivity index is 2.36. The molecule has 1 aliphatic rings. The van der Waals surface area contributed by atoms with Crippen molar-refractivity contribution in [1.29, 1.82) is 0 Å². The van der Waals surface area contributed by atoms with Crippen molar-refractivity contribution >= 4 is 0 Å². The van der Waals surface area contributed by atoms with Crippen LogP contribution in [0.2, 0.25) is 0 Å². The van der Waals surface area contributed by atoms with E-state index < -0.39 is 0 Å². The van der Waals surface area contributed by atoms with Crippen molar-refractivity contribution in [3.63, 3.8) is 0 Å². The van der Waals surface area contributed by atoms with Gasteiger partial charge in [0.1, 0.15) is 5.60 Å². The minimum absolute atomic E-state index is 0.228. The summed E-state index contributed by atoms with van der Waals surface area (Å²) in [6.07, 6.45) is 0.778. The summed E-state index contributed by atoms with van der Waals surface area (Å²) in [5.41, 5.74) is -0.228. The second-order valence-corrected chi connectivity index (χ2v) is 4.65. The highest BCUT2D eigenvalue weighted by Crippen LogP contribution is 2.35. The van der Waals surface area contributed by atoms with E-state index >= 15 is 0 Å². The van der Waals surface area contributed by atoms with Crippen LogP contribution in [0, 0.1) is 11.8 Å². The Morgan fingerprint density at radius 1 is 1.42 bits per heavy atom. The first-order chi connectivity index (χ1) is 5.46. The van der Waals surface area contributed by atoms with E-state index in [0.717, 1.165) is 13.0 Å². The fourth-order valence-corrected chi connectivity index (χ4v) is 1.76. The second kappa shape index (κ2) is 3.35. The van der Waals surface area contributed by atoms with Gasteiger partial charge in [-0.15, -0.1) is 0 Å². The monoisotopic (exact) mass is 172 g/mol. The van der Waals surface area contributed by atoms with Crippen LogP contribution in [0.15, 0.2) is 0 Å². The zero-order valence-corrected chi connectivity index (χ0v) is 8.50. The van der Waals surface area contributed by atoms with Crippen LogP contribution < -0.4 is 0 Å². The van der Waals surface area contributed by atoms with E-state index in [4.69, 9.17) is 4.74 Å². The van der Waals surface area contributed by atoms with Crippen molar-refractivity contribution < 1.29 is 9.84 Å². The van der Waals surface area contributed by atoms with Gasteiger partial charge in [0.15, 0.2) is 0 Å². The van der Waals surface area contributed by atoms with Crippen molar-refractivity contribution in [2.45, 2.75) is 45.8 Å². The molecule has 0 bridgehead atoms. The van der Waals surface area contributed by atoms with E-state index in [-0.39, 0.29) is 11.7 Å². The predicted octanol–water partition coefficient (Wildman–Crippen LogP) is 1.82.